The number of amides is 1. The van der Waals surface area contributed by atoms with Gasteiger partial charge in [-0.25, -0.2) is 0 Å². The Hall–Kier alpha value is -3.87. The normalized spacial score (nSPS) is 13.2. The molecule has 2 heterocycles. The number of benzene rings is 2. The van der Waals surface area contributed by atoms with Gasteiger partial charge in [-0.2, -0.15) is 5.10 Å². The molecule has 1 fully saturated rings. The van der Waals surface area contributed by atoms with Crippen molar-refractivity contribution in [3.63, 3.8) is 0 Å². The summed E-state index contributed by atoms with van der Waals surface area (Å²) in [4.78, 5) is 17.6. The number of aryl methyl sites for hydroxylation is 1. The molecular weight excluding hydrogens is 402 g/mol. The molecule has 7 nitrogen and oxygen atoms in total. The van der Waals surface area contributed by atoms with Gasteiger partial charge in [0.15, 0.2) is 0 Å². The Labute approximate surface area is 186 Å². The zero-order valence-electron chi connectivity index (χ0n) is 18.1. The van der Waals surface area contributed by atoms with Crippen LogP contribution in [0.1, 0.15) is 30.1 Å². The summed E-state index contributed by atoms with van der Waals surface area (Å²) < 4.78 is 7.55. The quantitative estimate of drug-likeness (QED) is 0.444. The fourth-order valence-electron chi connectivity index (χ4n) is 3.75. The van der Waals surface area contributed by atoms with E-state index in [4.69, 9.17) is 4.74 Å². The topological polar surface area (TPSA) is 81.1 Å². The first-order valence-corrected chi connectivity index (χ1v) is 10.8. The predicted molar refractivity (Wildman–Crippen MR) is 125 cm³/mol. The van der Waals surface area contributed by atoms with Gasteiger partial charge >= 0.3 is 0 Å². The fraction of sp³-hybridized carbons (Fsp3) is 0.240. The first-order chi connectivity index (χ1) is 15.7. The zero-order valence-corrected chi connectivity index (χ0v) is 18.1. The lowest BCUT2D eigenvalue weighted by Gasteiger charge is -2.17. The van der Waals surface area contributed by atoms with Crippen molar-refractivity contribution < 1.29 is 9.53 Å². The number of ether oxygens (including phenoxy) is 1. The van der Waals surface area contributed by atoms with Gasteiger partial charge in [-0.3, -0.25) is 14.5 Å². The summed E-state index contributed by atoms with van der Waals surface area (Å²) in [6, 6.07) is 14.0. The summed E-state index contributed by atoms with van der Waals surface area (Å²) in [6.07, 6.45) is 7.51. The molecule has 32 heavy (non-hydrogen) atoms. The number of pyridine rings is 1. The molecule has 0 atom stereocenters. The lowest BCUT2D eigenvalue weighted by molar-refractivity contribution is 0.0951. The van der Waals surface area contributed by atoms with Crippen LogP contribution in [-0.4, -0.2) is 33.8 Å². The van der Waals surface area contributed by atoms with Crippen LogP contribution >= 0.6 is 0 Å². The molecular formula is C25H25N5O2. The maximum atomic E-state index is 13.0. The second kappa shape index (κ2) is 8.34. The van der Waals surface area contributed by atoms with Crippen molar-refractivity contribution in [2.24, 2.45) is 0 Å². The molecule has 1 aliphatic rings. The SMILES string of the molecule is CCn1cc(-c2cc3c(Nc4ccccc4)c(C(=O)NC4CC4)cnc3cc2OC)cn1. The molecule has 2 aromatic carbocycles. The number of hydrogen-bond acceptors (Lipinski definition) is 5. The summed E-state index contributed by atoms with van der Waals surface area (Å²) in [5, 5.41) is 11.8. The summed E-state index contributed by atoms with van der Waals surface area (Å²) in [7, 11) is 1.65. The first-order valence-electron chi connectivity index (χ1n) is 10.8. The maximum absolute atomic E-state index is 13.0. The lowest BCUT2D eigenvalue weighted by atomic mass is 10.0. The summed E-state index contributed by atoms with van der Waals surface area (Å²) in [5.74, 6) is 0.595. The van der Waals surface area contributed by atoms with Crippen LogP contribution < -0.4 is 15.4 Å². The average Bonchev–Trinajstić information content (AvgIpc) is 3.51. The summed E-state index contributed by atoms with van der Waals surface area (Å²) >= 11 is 0. The van der Waals surface area contributed by atoms with Crippen molar-refractivity contribution in [1.29, 1.82) is 0 Å². The number of fused-ring (bicyclic) bond motifs is 1. The molecule has 1 amide bonds. The van der Waals surface area contributed by atoms with Crippen LogP contribution in [0.2, 0.25) is 0 Å². The molecule has 2 N–H and O–H groups in total. The van der Waals surface area contributed by atoms with E-state index in [2.05, 4.69) is 20.7 Å². The predicted octanol–water partition coefficient (Wildman–Crippen LogP) is 4.76. The second-order valence-corrected chi connectivity index (χ2v) is 7.94. The van der Waals surface area contributed by atoms with Crippen molar-refractivity contribution in [3.05, 3.63) is 66.6 Å². The number of nitrogens with one attached hydrogen (secondary N) is 2. The highest BCUT2D eigenvalue weighted by molar-refractivity contribution is 6.09. The van der Waals surface area contributed by atoms with Gasteiger partial charge in [0.25, 0.3) is 5.91 Å². The minimum atomic E-state index is -0.114. The van der Waals surface area contributed by atoms with Crippen molar-refractivity contribution in [2.75, 3.05) is 12.4 Å². The first kappa shape index (κ1) is 20.1. The maximum Gasteiger partial charge on any atom is 0.255 e. The van der Waals surface area contributed by atoms with Gasteiger partial charge in [-0.1, -0.05) is 18.2 Å². The van der Waals surface area contributed by atoms with Crippen LogP contribution in [-0.2, 0) is 6.54 Å². The van der Waals surface area contributed by atoms with Gasteiger partial charge in [0.05, 0.1) is 30.1 Å². The fourth-order valence-corrected chi connectivity index (χ4v) is 3.75. The molecule has 0 aliphatic heterocycles. The largest absolute Gasteiger partial charge is 0.496 e. The summed E-state index contributed by atoms with van der Waals surface area (Å²) in [5.41, 5.74) is 4.74. The van der Waals surface area contributed by atoms with E-state index in [-0.39, 0.29) is 11.9 Å². The van der Waals surface area contributed by atoms with E-state index in [1.54, 1.807) is 13.3 Å². The monoisotopic (exact) mass is 427 g/mol. The molecule has 0 saturated heterocycles. The van der Waals surface area contributed by atoms with Crippen molar-refractivity contribution in [3.8, 4) is 16.9 Å². The molecule has 7 heteroatoms. The number of hydrogen-bond donors (Lipinski definition) is 2. The van der Waals surface area contributed by atoms with Crippen LogP contribution in [0, 0.1) is 0 Å². The van der Waals surface area contributed by atoms with Crippen LogP contribution in [0.25, 0.3) is 22.0 Å². The molecule has 1 aliphatic carbocycles. The highest BCUT2D eigenvalue weighted by atomic mass is 16.5. The van der Waals surface area contributed by atoms with Crippen LogP contribution in [0.15, 0.2) is 61.1 Å². The molecule has 4 aromatic rings. The smallest absolute Gasteiger partial charge is 0.255 e. The van der Waals surface area contributed by atoms with Crippen LogP contribution in [0.4, 0.5) is 11.4 Å². The van der Waals surface area contributed by atoms with Crippen molar-refractivity contribution in [1.82, 2.24) is 20.1 Å². The van der Waals surface area contributed by atoms with Gasteiger partial charge < -0.3 is 15.4 Å². The molecule has 0 unspecified atom stereocenters. The number of methoxy groups -OCH3 is 1. The third-order valence-corrected chi connectivity index (χ3v) is 5.66. The van der Waals surface area contributed by atoms with Gasteiger partial charge in [-0.05, 0) is 38.0 Å². The number of para-hydroxylation sites is 1. The Bertz CT molecular complexity index is 1280. The van der Waals surface area contributed by atoms with Crippen molar-refractivity contribution in [2.45, 2.75) is 32.4 Å². The second-order valence-electron chi connectivity index (χ2n) is 7.94. The van der Waals surface area contributed by atoms with E-state index >= 15 is 0 Å². The minimum Gasteiger partial charge on any atom is -0.496 e. The van der Waals surface area contributed by atoms with Gasteiger partial charge in [-0.15, -0.1) is 0 Å². The standard InChI is InChI=1S/C25H25N5O2/c1-3-30-15-16(13-27-30)19-11-20-22(12-23(19)32-2)26-14-21(25(31)29-18-9-10-18)24(20)28-17-7-5-4-6-8-17/h4-8,11-15,18H,3,9-10H2,1-2H3,(H,26,28)(H,29,31). The highest BCUT2D eigenvalue weighted by Crippen LogP contribution is 2.38. The molecule has 0 spiro atoms. The number of aromatic nitrogens is 3. The molecule has 0 bridgehead atoms. The number of rotatable bonds is 7. The summed E-state index contributed by atoms with van der Waals surface area (Å²) in [6.45, 7) is 2.83. The van der Waals surface area contributed by atoms with Gasteiger partial charge in [0, 0.05) is 53.2 Å². The number of carbonyl (C=O) groups excluding carboxylic acids is 1. The van der Waals surface area contributed by atoms with E-state index in [1.165, 1.54) is 0 Å². The molecule has 162 valence electrons. The van der Waals surface area contributed by atoms with Gasteiger partial charge in [0.2, 0.25) is 0 Å². The molecule has 1 saturated carbocycles. The van der Waals surface area contributed by atoms with E-state index in [0.29, 0.717) is 11.3 Å². The Kier molecular flexibility index (Phi) is 5.23. The molecule has 5 rings (SSSR count). The highest BCUT2D eigenvalue weighted by Gasteiger charge is 2.26. The van der Waals surface area contributed by atoms with E-state index in [1.807, 2.05) is 66.5 Å². The number of nitrogens with zero attached hydrogens (tertiary/aromatic N) is 3. The third-order valence-electron chi connectivity index (χ3n) is 5.66. The molecule has 2 aromatic heterocycles. The van der Waals surface area contributed by atoms with Crippen molar-refractivity contribution >= 4 is 28.2 Å². The average molecular weight is 428 g/mol. The Morgan fingerprint density at radius 1 is 1.19 bits per heavy atom. The Morgan fingerprint density at radius 2 is 2.00 bits per heavy atom. The van der Waals surface area contributed by atoms with Gasteiger partial charge in [0.1, 0.15) is 5.75 Å². The number of anilines is 2. The number of carbonyl (C=O) groups is 1. The third kappa shape index (κ3) is 3.89. The van der Waals surface area contributed by atoms with E-state index < -0.39 is 0 Å². The minimum absolute atomic E-state index is 0.114. The molecule has 0 radical (unpaired) electrons. The Morgan fingerprint density at radius 3 is 2.69 bits per heavy atom. The van der Waals surface area contributed by atoms with Crippen LogP contribution in [0.5, 0.6) is 5.75 Å². The van der Waals surface area contributed by atoms with Crippen LogP contribution in [0.3, 0.4) is 0 Å². The zero-order chi connectivity index (χ0) is 22.1. The van der Waals surface area contributed by atoms with E-state index in [0.717, 1.165) is 52.8 Å². The lowest BCUT2D eigenvalue weighted by Crippen LogP contribution is -2.26. The van der Waals surface area contributed by atoms with E-state index in [9.17, 15) is 4.79 Å². The Balaban J connectivity index is 1.69.